The molecular weight excluding hydrogens is 208 g/mol. The van der Waals surface area contributed by atoms with E-state index in [1.54, 1.807) is 0 Å². The van der Waals surface area contributed by atoms with Gasteiger partial charge in [-0.1, -0.05) is 0 Å². The van der Waals surface area contributed by atoms with Crippen LogP contribution in [0.1, 0.15) is 19.3 Å². The smallest absolute Gasteiger partial charge is 0.404 e. The van der Waals surface area contributed by atoms with Crippen molar-refractivity contribution < 1.29 is 14.6 Å². The number of morpholine rings is 1. The molecule has 0 aromatic carbocycles. The highest BCUT2D eigenvalue weighted by atomic mass is 16.5. The van der Waals surface area contributed by atoms with E-state index in [1.165, 1.54) is 0 Å². The molecule has 1 aliphatic carbocycles. The Morgan fingerprint density at radius 3 is 2.81 bits per heavy atom. The lowest BCUT2D eigenvalue weighted by Gasteiger charge is -2.29. The van der Waals surface area contributed by atoms with E-state index < -0.39 is 6.09 Å². The summed E-state index contributed by atoms with van der Waals surface area (Å²) in [5.74, 6) is 0.648. The molecule has 5 heteroatoms. The van der Waals surface area contributed by atoms with Crippen LogP contribution in [0.4, 0.5) is 4.79 Å². The molecule has 92 valence electrons. The van der Waals surface area contributed by atoms with Crippen molar-refractivity contribution in [3.05, 3.63) is 0 Å². The Morgan fingerprint density at radius 1 is 1.38 bits per heavy atom. The minimum atomic E-state index is -0.892. The van der Waals surface area contributed by atoms with E-state index in [0.717, 1.165) is 52.1 Å². The van der Waals surface area contributed by atoms with Crippen LogP contribution in [0.15, 0.2) is 0 Å². The van der Waals surface area contributed by atoms with Crippen molar-refractivity contribution in [2.75, 3.05) is 32.8 Å². The van der Waals surface area contributed by atoms with E-state index in [2.05, 4.69) is 10.2 Å². The molecule has 1 saturated carbocycles. The molecule has 2 aliphatic rings. The van der Waals surface area contributed by atoms with E-state index in [0.29, 0.717) is 5.92 Å². The van der Waals surface area contributed by atoms with Gasteiger partial charge in [0, 0.05) is 25.7 Å². The SMILES string of the molecule is O=C(O)NC1CC[C@H](CN2CCOCC2)C1. The number of rotatable bonds is 3. The Balaban J connectivity index is 1.69. The molecule has 2 atom stereocenters. The first-order valence-corrected chi connectivity index (χ1v) is 6.03. The topological polar surface area (TPSA) is 61.8 Å². The molecule has 0 spiro atoms. The van der Waals surface area contributed by atoms with E-state index in [-0.39, 0.29) is 6.04 Å². The Kier molecular flexibility index (Phi) is 4.01. The second-order valence-corrected chi connectivity index (χ2v) is 4.74. The standard InChI is InChI=1S/C11H20N2O3/c14-11(15)12-10-2-1-9(7-10)8-13-3-5-16-6-4-13/h9-10,12H,1-8H2,(H,14,15)/t9-,10?/m0/s1. The van der Waals surface area contributed by atoms with Crippen LogP contribution in [0.3, 0.4) is 0 Å². The molecule has 2 N–H and O–H groups in total. The molecule has 0 aromatic rings. The first kappa shape index (κ1) is 11.7. The van der Waals surface area contributed by atoms with Crippen molar-refractivity contribution in [3.8, 4) is 0 Å². The summed E-state index contributed by atoms with van der Waals surface area (Å²) in [5, 5.41) is 11.2. The summed E-state index contributed by atoms with van der Waals surface area (Å²) in [6.07, 6.45) is 2.23. The van der Waals surface area contributed by atoms with Gasteiger partial charge in [0.05, 0.1) is 13.2 Å². The summed E-state index contributed by atoms with van der Waals surface area (Å²) in [6.45, 7) is 4.81. The Hall–Kier alpha value is -0.810. The van der Waals surface area contributed by atoms with Crippen molar-refractivity contribution >= 4 is 6.09 Å². The maximum Gasteiger partial charge on any atom is 0.404 e. The van der Waals surface area contributed by atoms with E-state index >= 15 is 0 Å². The van der Waals surface area contributed by atoms with Gasteiger partial charge in [0.2, 0.25) is 0 Å². The zero-order valence-corrected chi connectivity index (χ0v) is 9.52. The molecule has 1 amide bonds. The van der Waals surface area contributed by atoms with Gasteiger partial charge in [-0.3, -0.25) is 4.90 Å². The first-order chi connectivity index (χ1) is 7.74. The van der Waals surface area contributed by atoms with Crippen molar-refractivity contribution in [1.82, 2.24) is 10.2 Å². The molecule has 1 unspecified atom stereocenters. The molecule has 0 aromatic heterocycles. The van der Waals surface area contributed by atoms with Gasteiger partial charge in [-0.15, -0.1) is 0 Å². The van der Waals surface area contributed by atoms with Gasteiger partial charge in [-0.05, 0) is 25.2 Å². The highest BCUT2D eigenvalue weighted by molar-refractivity contribution is 5.64. The van der Waals surface area contributed by atoms with Crippen LogP contribution in [-0.2, 0) is 4.74 Å². The van der Waals surface area contributed by atoms with Crippen molar-refractivity contribution in [2.45, 2.75) is 25.3 Å². The summed E-state index contributed by atoms with van der Waals surface area (Å²) < 4.78 is 5.31. The second kappa shape index (κ2) is 5.50. The van der Waals surface area contributed by atoms with Gasteiger partial charge < -0.3 is 15.2 Å². The van der Waals surface area contributed by atoms with E-state index in [9.17, 15) is 4.79 Å². The Bertz CT molecular complexity index is 241. The molecule has 1 aliphatic heterocycles. The van der Waals surface area contributed by atoms with Crippen LogP contribution >= 0.6 is 0 Å². The summed E-state index contributed by atoms with van der Waals surface area (Å²) >= 11 is 0. The fraction of sp³-hybridized carbons (Fsp3) is 0.909. The van der Waals surface area contributed by atoms with Crippen LogP contribution in [0, 0.1) is 5.92 Å². The number of ether oxygens (including phenoxy) is 1. The number of carboxylic acid groups (broad SMARTS) is 1. The average molecular weight is 228 g/mol. The number of nitrogens with zero attached hydrogens (tertiary/aromatic N) is 1. The van der Waals surface area contributed by atoms with Gasteiger partial charge in [0.25, 0.3) is 0 Å². The van der Waals surface area contributed by atoms with Crippen LogP contribution in [0.25, 0.3) is 0 Å². The van der Waals surface area contributed by atoms with Gasteiger partial charge in [-0.2, -0.15) is 0 Å². The minimum Gasteiger partial charge on any atom is -0.465 e. The monoisotopic (exact) mass is 228 g/mol. The fourth-order valence-electron chi connectivity index (χ4n) is 2.70. The number of hydrogen-bond acceptors (Lipinski definition) is 3. The van der Waals surface area contributed by atoms with E-state index in [4.69, 9.17) is 9.84 Å². The lowest BCUT2D eigenvalue weighted by molar-refractivity contribution is 0.0309. The summed E-state index contributed by atoms with van der Waals surface area (Å²) in [6, 6.07) is 0.170. The summed E-state index contributed by atoms with van der Waals surface area (Å²) in [7, 11) is 0. The minimum absolute atomic E-state index is 0.170. The average Bonchev–Trinajstić information content (AvgIpc) is 2.66. The number of carbonyl (C=O) groups is 1. The molecule has 0 bridgehead atoms. The predicted molar refractivity (Wildman–Crippen MR) is 59.5 cm³/mol. The van der Waals surface area contributed by atoms with Crippen LogP contribution < -0.4 is 5.32 Å². The lowest BCUT2D eigenvalue weighted by atomic mass is 10.1. The molecule has 1 heterocycles. The third kappa shape index (κ3) is 3.35. The van der Waals surface area contributed by atoms with Crippen LogP contribution in [0.5, 0.6) is 0 Å². The zero-order valence-electron chi connectivity index (χ0n) is 9.52. The fourth-order valence-corrected chi connectivity index (χ4v) is 2.70. The molecule has 2 fully saturated rings. The summed E-state index contributed by atoms with van der Waals surface area (Å²) in [5.41, 5.74) is 0. The van der Waals surface area contributed by atoms with Gasteiger partial charge in [0.15, 0.2) is 0 Å². The first-order valence-electron chi connectivity index (χ1n) is 6.03. The zero-order chi connectivity index (χ0) is 11.4. The largest absolute Gasteiger partial charge is 0.465 e. The van der Waals surface area contributed by atoms with Crippen molar-refractivity contribution in [3.63, 3.8) is 0 Å². The number of hydrogen-bond donors (Lipinski definition) is 2. The highest BCUT2D eigenvalue weighted by Crippen LogP contribution is 2.26. The van der Waals surface area contributed by atoms with Gasteiger partial charge in [0.1, 0.15) is 0 Å². The highest BCUT2D eigenvalue weighted by Gasteiger charge is 2.27. The number of amides is 1. The predicted octanol–water partition coefficient (Wildman–Crippen LogP) is 0.755. The summed E-state index contributed by atoms with van der Waals surface area (Å²) in [4.78, 5) is 12.9. The molecule has 16 heavy (non-hydrogen) atoms. The molecule has 0 radical (unpaired) electrons. The van der Waals surface area contributed by atoms with E-state index in [1.807, 2.05) is 0 Å². The Morgan fingerprint density at radius 2 is 2.12 bits per heavy atom. The third-order valence-electron chi connectivity index (χ3n) is 3.49. The van der Waals surface area contributed by atoms with Gasteiger partial charge >= 0.3 is 6.09 Å². The lowest BCUT2D eigenvalue weighted by Crippen LogP contribution is -2.39. The molecule has 1 saturated heterocycles. The normalized spacial score (nSPS) is 31.5. The molecule has 2 rings (SSSR count). The third-order valence-corrected chi connectivity index (χ3v) is 3.49. The van der Waals surface area contributed by atoms with Crippen LogP contribution in [-0.4, -0.2) is 55.0 Å². The second-order valence-electron chi connectivity index (χ2n) is 4.74. The van der Waals surface area contributed by atoms with Crippen molar-refractivity contribution in [1.29, 1.82) is 0 Å². The molecular formula is C11H20N2O3. The van der Waals surface area contributed by atoms with Crippen molar-refractivity contribution in [2.24, 2.45) is 5.92 Å². The Labute approximate surface area is 95.8 Å². The quantitative estimate of drug-likeness (QED) is 0.748. The molecule has 5 nitrogen and oxygen atoms in total. The maximum absolute atomic E-state index is 10.5. The van der Waals surface area contributed by atoms with Crippen LogP contribution in [0.2, 0.25) is 0 Å². The number of nitrogens with one attached hydrogen (secondary N) is 1. The maximum atomic E-state index is 10.5. The van der Waals surface area contributed by atoms with Gasteiger partial charge in [-0.25, -0.2) is 4.79 Å².